The molecule has 3 aromatic rings. The summed E-state index contributed by atoms with van der Waals surface area (Å²) >= 11 is 3.60. The minimum Gasteiger partial charge on any atom is -0.388 e. The van der Waals surface area contributed by atoms with Gasteiger partial charge >= 0.3 is 0 Å². The van der Waals surface area contributed by atoms with Crippen molar-refractivity contribution in [3.05, 3.63) is 77.6 Å². The second-order valence-electron chi connectivity index (χ2n) is 8.63. The van der Waals surface area contributed by atoms with Crippen molar-refractivity contribution in [2.45, 2.75) is 68.7 Å². The number of nitrogens with zero attached hydrogens (tertiary/aromatic N) is 2. The molecule has 0 aliphatic heterocycles. The number of pyridine rings is 1. The van der Waals surface area contributed by atoms with E-state index in [2.05, 4.69) is 85.9 Å². The number of nitrogens with one attached hydrogen (secondary N) is 1. The molecule has 1 N–H and O–H groups in total. The Morgan fingerprint density at radius 2 is 1.81 bits per heavy atom. The molecule has 0 radical (unpaired) electrons. The van der Waals surface area contributed by atoms with Gasteiger partial charge in [0.2, 0.25) is 0 Å². The van der Waals surface area contributed by atoms with Crippen molar-refractivity contribution < 1.29 is 4.79 Å². The molecule has 1 unspecified atom stereocenters. The van der Waals surface area contributed by atoms with Crippen molar-refractivity contribution in [3.63, 3.8) is 0 Å². The zero-order valence-corrected chi connectivity index (χ0v) is 25.1. The molecule has 1 saturated carbocycles. The van der Waals surface area contributed by atoms with Gasteiger partial charge in [-0.3, -0.25) is 4.98 Å². The molecule has 0 saturated heterocycles. The number of aromatic nitrogens is 1. The van der Waals surface area contributed by atoms with Crippen LogP contribution < -0.4 is 10.2 Å². The summed E-state index contributed by atoms with van der Waals surface area (Å²) in [6.07, 6.45) is 6.17. The molecule has 200 valence electrons. The predicted molar refractivity (Wildman–Crippen MR) is 165 cm³/mol. The highest BCUT2D eigenvalue weighted by atomic mass is 32.2. The van der Waals surface area contributed by atoms with Gasteiger partial charge < -0.3 is 15.0 Å². The van der Waals surface area contributed by atoms with Crippen LogP contribution >= 0.6 is 23.5 Å². The quantitative estimate of drug-likeness (QED) is 0.207. The highest BCUT2D eigenvalue weighted by Gasteiger charge is 2.26. The van der Waals surface area contributed by atoms with Gasteiger partial charge in [-0.1, -0.05) is 39.0 Å². The summed E-state index contributed by atoms with van der Waals surface area (Å²) in [6.45, 7) is 8.36. The van der Waals surface area contributed by atoms with E-state index in [0.29, 0.717) is 12.3 Å². The highest BCUT2D eigenvalue weighted by molar-refractivity contribution is 7.99. The van der Waals surface area contributed by atoms with E-state index in [1.807, 2.05) is 44.8 Å². The standard InChI is InChI=1S/C19H25N3S.C10H12OS.C2H6/c1-13(16-6-5-7-17(21-16)14-8-9-14)22(3)18-11-10-15(20-2)12-19(18)23-4;1-2-12-10-5-3-9(4-6-10)7-8-11;1-2/h5-7,10-14,20H,8-9H2,1-4H3;3-6,8H,2,7H2,1H3;1-2H3. The van der Waals surface area contributed by atoms with E-state index in [4.69, 9.17) is 4.98 Å². The fourth-order valence-electron chi connectivity index (χ4n) is 3.82. The Labute approximate surface area is 233 Å². The highest BCUT2D eigenvalue weighted by Crippen LogP contribution is 2.40. The summed E-state index contributed by atoms with van der Waals surface area (Å²) in [7, 11) is 4.11. The monoisotopic (exact) mass is 537 g/mol. The lowest BCUT2D eigenvalue weighted by Crippen LogP contribution is -2.23. The van der Waals surface area contributed by atoms with Gasteiger partial charge in [-0.15, -0.1) is 23.5 Å². The number of rotatable bonds is 10. The van der Waals surface area contributed by atoms with Crippen molar-refractivity contribution in [1.82, 2.24) is 4.98 Å². The lowest BCUT2D eigenvalue weighted by atomic mass is 10.1. The molecule has 0 amide bonds. The van der Waals surface area contributed by atoms with Crippen LogP contribution in [-0.4, -0.2) is 37.4 Å². The van der Waals surface area contributed by atoms with Gasteiger partial charge in [0.15, 0.2) is 0 Å². The van der Waals surface area contributed by atoms with Gasteiger partial charge in [-0.05, 0) is 79.8 Å². The number of hydrogen-bond donors (Lipinski definition) is 1. The number of carbonyl (C=O) groups is 1. The average Bonchev–Trinajstić information content (AvgIpc) is 3.81. The number of carbonyl (C=O) groups excluding carboxylic acids is 1. The Hall–Kier alpha value is -2.44. The van der Waals surface area contributed by atoms with E-state index in [-0.39, 0.29) is 6.04 Å². The molecule has 37 heavy (non-hydrogen) atoms. The second kappa shape index (κ2) is 16.4. The first-order valence-corrected chi connectivity index (χ1v) is 15.4. The topological polar surface area (TPSA) is 45.2 Å². The minimum absolute atomic E-state index is 0.250. The van der Waals surface area contributed by atoms with E-state index in [1.54, 1.807) is 11.8 Å². The summed E-state index contributed by atoms with van der Waals surface area (Å²) in [5.74, 6) is 1.79. The number of thioether (sulfide) groups is 2. The Bertz CT molecular complexity index is 1080. The molecular weight excluding hydrogens is 494 g/mol. The van der Waals surface area contributed by atoms with Gasteiger partial charge in [0.25, 0.3) is 0 Å². The molecule has 1 fully saturated rings. The molecule has 0 bridgehead atoms. The molecule has 6 heteroatoms. The Balaban J connectivity index is 0.000000291. The van der Waals surface area contributed by atoms with Gasteiger partial charge in [0.1, 0.15) is 6.29 Å². The molecule has 1 aliphatic rings. The third kappa shape index (κ3) is 9.42. The van der Waals surface area contributed by atoms with Gasteiger partial charge in [-0.2, -0.15) is 0 Å². The smallest absolute Gasteiger partial charge is 0.124 e. The maximum Gasteiger partial charge on any atom is 0.124 e. The van der Waals surface area contributed by atoms with Crippen molar-refractivity contribution >= 4 is 41.2 Å². The second-order valence-corrected chi connectivity index (χ2v) is 10.8. The maximum absolute atomic E-state index is 10.2. The fraction of sp³-hybridized carbons (Fsp3) is 0.419. The maximum atomic E-state index is 10.2. The first kappa shape index (κ1) is 30.8. The third-order valence-electron chi connectivity index (χ3n) is 6.20. The van der Waals surface area contributed by atoms with Crippen LogP contribution in [-0.2, 0) is 11.2 Å². The Morgan fingerprint density at radius 3 is 2.38 bits per heavy atom. The molecular formula is C31H43N3OS2. The molecule has 4 nitrogen and oxygen atoms in total. The summed E-state index contributed by atoms with van der Waals surface area (Å²) < 4.78 is 0. The SMILES string of the molecule is CC.CCSc1ccc(CC=O)cc1.CNc1ccc(N(C)C(C)c2cccc(C3CC3)n2)c(SC)c1. The van der Waals surface area contributed by atoms with Crippen LogP contribution in [0.2, 0.25) is 0 Å². The molecule has 1 atom stereocenters. The first-order valence-electron chi connectivity index (χ1n) is 13.2. The molecule has 1 aromatic heterocycles. The number of anilines is 2. The van der Waals surface area contributed by atoms with Crippen LogP contribution in [0.4, 0.5) is 11.4 Å². The van der Waals surface area contributed by atoms with Crippen molar-refractivity contribution in [3.8, 4) is 0 Å². The number of hydrogen-bond acceptors (Lipinski definition) is 6. The van der Waals surface area contributed by atoms with Gasteiger partial charge in [-0.25, -0.2) is 0 Å². The van der Waals surface area contributed by atoms with E-state index < -0.39 is 0 Å². The van der Waals surface area contributed by atoms with Crippen LogP contribution in [0.5, 0.6) is 0 Å². The molecule has 1 aliphatic carbocycles. The van der Waals surface area contributed by atoms with Crippen LogP contribution in [0.1, 0.15) is 69.4 Å². The van der Waals surface area contributed by atoms with Crippen molar-refractivity contribution in [1.29, 1.82) is 0 Å². The lowest BCUT2D eigenvalue weighted by Gasteiger charge is -2.29. The van der Waals surface area contributed by atoms with Crippen LogP contribution in [0.15, 0.2) is 70.5 Å². The zero-order chi connectivity index (χ0) is 27.2. The number of aldehydes is 1. The lowest BCUT2D eigenvalue weighted by molar-refractivity contribution is -0.107. The van der Waals surface area contributed by atoms with Crippen molar-refractivity contribution in [2.24, 2.45) is 0 Å². The normalized spacial score (nSPS) is 12.8. The fourth-order valence-corrected chi connectivity index (χ4v) is 5.15. The van der Waals surface area contributed by atoms with Crippen molar-refractivity contribution in [2.75, 3.05) is 36.3 Å². The molecule has 2 aromatic carbocycles. The van der Waals surface area contributed by atoms with Crippen LogP contribution in [0, 0.1) is 0 Å². The Morgan fingerprint density at radius 1 is 1.11 bits per heavy atom. The average molecular weight is 538 g/mol. The third-order valence-corrected chi connectivity index (χ3v) is 7.86. The summed E-state index contributed by atoms with van der Waals surface area (Å²) in [5.41, 5.74) is 5.90. The van der Waals surface area contributed by atoms with E-state index in [9.17, 15) is 4.79 Å². The number of benzene rings is 2. The molecule has 4 rings (SSSR count). The zero-order valence-electron chi connectivity index (χ0n) is 23.5. The predicted octanol–water partition coefficient (Wildman–Crippen LogP) is 8.49. The van der Waals surface area contributed by atoms with Gasteiger partial charge in [0, 0.05) is 47.6 Å². The first-order chi connectivity index (χ1) is 18.0. The van der Waals surface area contributed by atoms with Crippen LogP contribution in [0.3, 0.4) is 0 Å². The minimum atomic E-state index is 0.250. The summed E-state index contributed by atoms with van der Waals surface area (Å²) in [4.78, 5) is 20.0. The summed E-state index contributed by atoms with van der Waals surface area (Å²) in [5, 5.41) is 3.21. The van der Waals surface area contributed by atoms with E-state index >= 15 is 0 Å². The van der Waals surface area contributed by atoms with E-state index in [1.165, 1.54) is 34.0 Å². The van der Waals surface area contributed by atoms with Gasteiger partial charge in [0.05, 0.1) is 17.4 Å². The molecule has 0 spiro atoms. The largest absolute Gasteiger partial charge is 0.388 e. The molecule has 1 heterocycles. The summed E-state index contributed by atoms with van der Waals surface area (Å²) in [6, 6.07) is 21.4. The van der Waals surface area contributed by atoms with E-state index in [0.717, 1.165) is 29.0 Å². The van der Waals surface area contributed by atoms with Crippen LogP contribution in [0.25, 0.3) is 0 Å². The Kier molecular flexibility index (Phi) is 13.7.